The normalized spacial score (nSPS) is 21.5. The zero-order valence-electron chi connectivity index (χ0n) is 18.6. The van der Waals surface area contributed by atoms with Crippen LogP contribution in [0.2, 0.25) is 0 Å². The van der Waals surface area contributed by atoms with Crippen molar-refractivity contribution in [3.05, 3.63) is 59.4 Å². The summed E-state index contributed by atoms with van der Waals surface area (Å²) in [4.78, 5) is 20.5. The van der Waals surface area contributed by atoms with Crippen molar-refractivity contribution in [3.63, 3.8) is 0 Å². The number of fused-ring (bicyclic) bond motifs is 1. The van der Waals surface area contributed by atoms with Crippen LogP contribution in [0.15, 0.2) is 36.4 Å². The van der Waals surface area contributed by atoms with Crippen LogP contribution in [0.3, 0.4) is 0 Å². The lowest BCUT2D eigenvalue weighted by molar-refractivity contribution is 0.0151. The third kappa shape index (κ3) is 5.24. The van der Waals surface area contributed by atoms with E-state index in [4.69, 9.17) is 4.74 Å². The van der Waals surface area contributed by atoms with E-state index in [0.717, 1.165) is 5.52 Å². The first-order chi connectivity index (χ1) is 15.8. The number of aromatic amines is 1. The minimum atomic E-state index is -1.07. The van der Waals surface area contributed by atoms with Gasteiger partial charge in [-0.15, -0.1) is 0 Å². The van der Waals surface area contributed by atoms with Gasteiger partial charge in [0.15, 0.2) is 11.6 Å². The first-order valence-electron chi connectivity index (χ1n) is 11.0. The summed E-state index contributed by atoms with van der Waals surface area (Å²) in [5.41, 5.74) is 0.862. The molecule has 1 fully saturated rings. The Morgan fingerprint density at radius 1 is 1.24 bits per heavy atom. The number of imidazole rings is 1. The topological polar surface area (TPSA) is 99.3 Å². The van der Waals surface area contributed by atoms with Crippen molar-refractivity contribution in [1.29, 1.82) is 0 Å². The molecule has 176 valence electrons. The molecular formula is C24H28F2N4O3. The monoisotopic (exact) mass is 458 g/mol. The molecule has 3 aromatic rings. The lowest BCUT2D eigenvalue weighted by Crippen LogP contribution is -2.47. The zero-order valence-corrected chi connectivity index (χ0v) is 18.6. The summed E-state index contributed by atoms with van der Waals surface area (Å²) in [6.45, 7) is 1.80. The molecule has 4 N–H and O–H groups in total. The van der Waals surface area contributed by atoms with Gasteiger partial charge in [0.2, 0.25) is 5.82 Å². The number of benzene rings is 2. The number of ether oxygens (including phenoxy) is 1. The number of carbonyl (C=O) groups is 1. The summed E-state index contributed by atoms with van der Waals surface area (Å²) < 4.78 is 33.8. The molecule has 1 aliphatic rings. The molecule has 1 aliphatic carbocycles. The van der Waals surface area contributed by atoms with E-state index in [-0.39, 0.29) is 23.8 Å². The van der Waals surface area contributed by atoms with Crippen LogP contribution in [0.5, 0.6) is 5.75 Å². The van der Waals surface area contributed by atoms with Crippen molar-refractivity contribution in [2.75, 3.05) is 7.11 Å². The highest BCUT2D eigenvalue weighted by Crippen LogP contribution is 2.29. The van der Waals surface area contributed by atoms with Crippen LogP contribution < -0.4 is 15.4 Å². The summed E-state index contributed by atoms with van der Waals surface area (Å²) in [7, 11) is 1.27. The second-order valence-corrected chi connectivity index (χ2v) is 8.84. The molecule has 1 unspecified atom stereocenters. The van der Waals surface area contributed by atoms with Crippen molar-refractivity contribution >= 4 is 17.1 Å². The molecule has 33 heavy (non-hydrogen) atoms. The highest BCUT2D eigenvalue weighted by molar-refractivity contribution is 5.76. The molecule has 0 spiro atoms. The van der Waals surface area contributed by atoms with Gasteiger partial charge in [0.25, 0.3) is 0 Å². The van der Waals surface area contributed by atoms with Gasteiger partial charge in [-0.1, -0.05) is 18.2 Å². The molecule has 0 radical (unpaired) electrons. The van der Waals surface area contributed by atoms with Crippen molar-refractivity contribution in [1.82, 2.24) is 20.6 Å². The Morgan fingerprint density at radius 3 is 2.67 bits per heavy atom. The van der Waals surface area contributed by atoms with Crippen LogP contribution >= 0.6 is 0 Å². The number of halogens is 2. The fraction of sp³-hybridized carbons (Fsp3) is 0.417. The molecule has 2 amide bonds. The first-order valence-corrected chi connectivity index (χ1v) is 11.0. The van der Waals surface area contributed by atoms with Gasteiger partial charge in [-0.05, 0) is 56.4 Å². The maximum absolute atomic E-state index is 14.7. The Balaban J connectivity index is 1.55. The SMILES string of the molecule is COc1ccc(CC(NC(=O)N[C@H]2CC[C@](C)(O)CC2)c2nc3ccccc3[nH]2)c(F)c1F. The number of amides is 2. The Hall–Kier alpha value is -3.20. The molecule has 0 saturated heterocycles. The minimum absolute atomic E-state index is 0.0145. The van der Waals surface area contributed by atoms with E-state index in [1.807, 2.05) is 24.3 Å². The molecule has 0 aliphatic heterocycles. The standard InChI is InChI=1S/C24H28F2N4O3/c1-24(32)11-9-15(10-12-24)27-23(31)30-18(22-28-16-5-3-4-6-17(16)29-22)13-14-7-8-19(33-2)21(26)20(14)25/h3-8,15,18,32H,9-13H2,1-2H3,(H,28,29)(H2,27,30,31)/t15-,18?,24-. The van der Waals surface area contributed by atoms with E-state index in [1.165, 1.54) is 19.2 Å². The predicted octanol–water partition coefficient (Wildman–Crippen LogP) is 4.13. The molecule has 0 bridgehead atoms. The Kier molecular flexibility index (Phi) is 6.51. The fourth-order valence-corrected chi connectivity index (χ4v) is 4.23. The Labute approximate surface area is 190 Å². The molecule has 4 rings (SSSR count). The number of hydrogen-bond donors (Lipinski definition) is 4. The molecular weight excluding hydrogens is 430 g/mol. The smallest absolute Gasteiger partial charge is 0.315 e. The summed E-state index contributed by atoms with van der Waals surface area (Å²) in [6, 6.07) is 8.95. The number of urea groups is 1. The average Bonchev–Trinajstić information content (AvgIpc) is 3.22. The van der Waals surface area contributed by atoms with Gasteiger partial charge in [-0.2, -0.15) is 4.39 Å². The van der Waals surface area contributed by atoms with Crippen LogP contribution in [0, 0.1) is 11.6 Å². The highest BCUT2D eigenvalue weighted by Gasteiger charge is 2.30. The molecule has 1 aromatic heterocycles. The van der Waals surface area contributed by atoms with Crippen molar-refractivity contribution in [3.8, 4) is 5.75 Å². The number of carbonyl (C=O) groups excluding carboxylic acids is 1. The van der Waals surface area contributed by atoms with Gasteiger partial charge in [0.1, 0.15) is 5.82 Å². The first kappa shape index (κ1) is 23.0. The van der Waals surface area contributed by atoms with Gasteiger partial charge < -0.3 is 25.5 Å². The van der Waals surface area contributed by atoms with Crippen molar-refractivity contribution < 1.29 is 23.4 Å². The van der Waals surface area contributed by atoms with Crippen LogP contribution in [0.25, 0.3) is 11.0 Å². The predicted molar refractivity (Wildman–Crippen MR) is 120 cm³/mol. The number of rotatable bonds is 6. The maximum atomic E-state index is 14.7. The second kappa shape index (κ2) is 9.35. The number of aliphatic hydroxyl groups is 1. The summed E-state index contributed by atoms with van der Waals surface area (Å²) in [5, 5.41) is 15.9. The van der Waals surface area contributed by atoms with E-state index in [2.05, 4.69) is 20.6 Å². The average molecular weight is 459 g/mol. The van der Waals surface area contributed by atoms with Crippen LogP contribution in [-0.4, -0.2) is 39.9 Å². The lowest BCUT2D eigenvalue weighted by atomic mass is 9.84. The zero-order chi connectivity index (χ0) is 23.6. The van der Waals surface area contributed by atoms with E-state index in [1.54, 1.807) is 6.92 Å². The molecule has 2 aromatic carbocycles. The van der Waals surface area contributed by atoms with Crippen molar-refractivity contribution in [2.24, 2.45) is 0 Å². The minimum Gasteiger partial charge on any atom is -0.494 e. The number of hydrogen-bond acceptors (Lipinski definition) is 4. The van der Waals surface area contributed by atoms with Gasteiger partial charge >= 0.3 is 6.03 Å². The fourth-order valence-electron chi connectivity index (χ4n) is 4.23. The quantitative estimate of drug-likeness (QED) is 0.446. The van der Waals surface area contributed by atoms with E-state index >= 15 is 0 Å². The number of nitrogens with zero attached hydrogens (tertiary/aromatic N) is 1. The second-order valence-electron chi connectivity index (χ2n) is 8.84. The van der Waals surface area contributed by atoms with E-state index in [9.17, 15) is 18.7 Å². The molecule has 1 saturated carbocycles. The van der Waals surface area contributed by atoms with Gasteiger partial charge in [0, 0.05) is 12.5 Å². The lowest BCUT2D eigenvalue weighted by Gasteiger charge is -2.33. The van der Waals surface area contributed by atoms with Gasteiger partial charge in [-0.25, -0.2) is 14.2 Å². The van der Waals surface area contributed by atoms with Crippen LogP contribution in [0.4, 0.5) is 13.6 Å². The number of methoxy groups -OCH3 is 1. The molecule has 1 heterocycles. The number of H-pyrrole nitrogens is 1. The Morgan fingerprint density at radius 2 is 1.97 bits per heavy atom. The number of aromatic nitrogens is 2. The number of para-hydroxylation sites is 2. The van der Waals surface area contributed by atoms with Gasteiger partial charge in [-0.3, -0.25) is 0 Å². The largest absolute Gasteiger partial charge is 0.494 e. The van der Waals surface area contributed by atoms with Crippen molar-refractivity contribution in [2.45, 2.75) is 56.7 Å². The third-order valence-corrected chi connectivity index (χ3v) is 6.21. The molecule has 9 heteroatoms. The van der Waals surface area contributed by atoms with E-state index < -0.39 is 29.3 Å². The number of nitrogens with one attached hydrogen (secondary N) is 3. The highest BCUT2D eigenvalue weighted by atomic mass is 19.2. The Bertz CT molecular complexity index is 1100. The molecule has 1 atom stereocenters. The summed E-state index contributed by atoms with van der Waals surface area (Å²) in [6.07, 6.45) is 2.50. The maximum Gasteiger partial charge on any atom is 0.315 e. The summed E-state index contributed by atoms with van der Waals surface area (Å²) >= 11 is 0. The third-order valence-electron chi connectivity index (χ3n) is 6.21. The van der Waals surface area contributed by atoms with Crippen LogP contribution in [-0.2, 0) is 6.42 Å². The van der Waals surface area contributed by atoms with Crippen LogP contribution in [0.1, 0.15) is 50.0 Å². The van der Waals surface area contributed by atoms with Gasteiger partial charge in [0.05, 0.1) is 29.8 Å². The molecule has 7 nitrogen and oxygen atoms in total. The summed E-state index contributed by atoms with van der Waals surface area (Å²) in [5.74, 6) is -1.84. The van der Waals surface area contributed by atoms with E-state index in [0.29, 0.717) is 37.0 Å².